The van der Waals surface area contributed by atoms with Crippen LogP contribution < -0.4 is 5.32 Å². The molecule has 0 radical (unpaired) electrons. The molecule has 0 aromatic carbocycles. The number of nitrogens with one attached hydrogen (secondary N) is 1. The molecule has 1 amide bonds. The number of carbonyl (C=O) groups excluding carboxylic acids is 1. The van der Waals surface area contributed by atoms with Gasteiger partial charge in [-0.15, -0.1) is 0 Å². The maximum absolute atomic E-state index is 11.7. The van der Waals surface area contributed by atoms with E-state index in [0.29, 0.717) is 16.4 Å². The Morgan fingerprint density at radius 1 is 1.25 bits per heavy atom. The van der Waals surface area contributed by atoms with Crippen LogP contribution in [-0.4, -0.2) is 15.9 Å². The normalized spacial score (nSPS) is 9.81. The van der Waals surface area contributed by atoms with Crippen LogP contribution in [0, 0.1) is 0 Å². The number of hydrogen-bond donors (Lipinski definition) is 1. The third kappa shape index (κ3) is 2.55. The minimum absolute atomic E-state index is 0.239. The van der Waals surface area contributed by atoms with E-state index in [2.05, 4.69) is 15.3 Å². The van der Waals surface area contributed by atoms with Gasteiger partial charge in [0.2, 0.25) is 0 Å². The average molecular weight is 234 g/mol. The van der Waals surface area contributed by atoms with Crippen molar-refractivity contribution in [2.75, 3.05) is 5.32 Å². The Bertz CT molecular complexity index is 484. The predicted octanol–water partition coefficient (Wildman–Crippen LogP) is 2.38. The fourth-order valence-electron chi connectivity index (χ4n) is 1.15. The Labute approximate surface area is 97.3 Å². The van der Waals surface area contributed by atoms with Crippen LogP contribution in [0.3, 0.4) is 0 Å². The smallest absolute Gasteiger partial charge is 0.257 e. The molecule has 0 aliphatic carbocycles. The molecule has 0 aliphatic rings. The summed E-state index contributed by atoms with van der Waals surface area (Å²) < 4.78 is 0. The SMILES string of the molecule is O=C(Nc1cccnc1)c1ccc(Cl)nc1. The van der Waals surface area contributed by atoms with Gasteiger partial charge in [-0.25, -0.2) is 4.98 Å². The van der Waals surface area contributed by atoms with Crippen molar-refractivity contribution in [1.82, 2.24) is 9.97 Å². The van der Waals surface area contributed by atoms with Gasteiger partial charge in [0, 0.05) is 12.4 Å². The Hall–Kier alpha value is -1.94. The van der Waals surface area contributed by atoms with Gasteiger partial charge in [-0.1, -0.05) is 11.6 Å². The first kappa shape index (κ1) is 10.6. The number of nitrogens with zero attached hydrogens (tertiary/aromatic N) is 2. The van der Waals surface area contributed by atoms with Crippen LogP contribution in [0.5, 0.6) is 0 Å². The van der Waals surface area contributed by atoms with Gasteiger partial charge in [0.1, 0.15) is 5.15 Å². The van der Waals surface area contributed by atoms with Crippen LogP contribution in [0.15, 0.2) is 42.9 Å². The fourth-order valence-corrected chi connectivity index (χ4v) is 1.26. The van der Waals surface area contributed by atoms with Gasteiger partial charge in [0.15, 0.2) is 0 Å². The summed E-state index contributed by atoms with van der Waals surface area (Å²) in [6.45, 7) is 0. The molecule has 0 unspecified atom stereocenters. The summed E-state index contributed by atoms with van der Waals surface area (Å²) >= 11 is 5.62. The summed E-state index contributed by atoms with van der Waals surface area (Å²) in [5, 5.41) is 3.05. The van der Waals surface area contributed by atoms with Crippen molar-refractivity contribution in [3.05, 3.63) is 53.6 Å². The number of hydrogen-bond acceptors (Lipinski definition) is 3. The molecule has 1 N–H and O–H groups in total. The zero-order chi connectivity index (χ0) is 11.4. The van der Waals surface area contributed by atoms with Crippen molar-refractivity contribution in [2.45, 2.75) is 0 Å². The molecule has 4 nitrogen and oxygen atoms in total. The van der Waals surface area contributed by atoms with Crippen LogP contribution in [0.2, 0.25) is 5.15 Å². The highest BCUT2D eigenvalue weighted by Gasteiger charge is 2.05. The maximum Gasteiger partial charge on any atom is 0.257 e. The molecule has 80 valence electrons. The first-order valence-corrected chi connectivity index (χ1v) is 4.96. The van der Waals surface area contributed by atoms with Gasteiger partial charge in [0.05, 0.1) is 17.4 Å². The molecular weight excluding hydrogens is 226 g/mol. The lowest BCUT2D eigenvalue weighted by Gasteiger charge is -2.03. The van der Waals surface area contributed by atoms with E-state index in [4.69, 9.17) is 11.6 Å². The monoisotopic (exact) mass is 233 g/mol. The van der Waals surface area contributed by atoms with E-state index in [9.17, 15) is 4.79 Å². The van der Waals surface area contributed by atoms with Gasteiger partial charge in [-0.2, -0.15) is 0 Å². The van der Waals surface area contributed by atoms with Crippen molar-refractivity contribution >= 4 is 23.2 Å². The third-order valence-electron chi connectivity index (χ3n) is 1.91. The zero-order valence-electron chi connectivity index (χ0n) is 8.22. The second-order valence-electron chi connectivity index (χ2n) is 3.07. The highest BCUT2D eigenvalue weighted by molar-refractivity contribution is 6.29. The molecule has 2 aromatic heterocycles. The van der Waals surface area contributed by atoms with Gasteiger partial charge in [0.25, 0.3) is 5.91 Å². The summed E-state index contributed by atoms with van der Waals surface area (Å²) in [5.41, 5.74) is 1.09. The standard InChI is InChI=1S/C11H8ClN3O/c12-10-4-3-8(6-14-10)11(16)15-9-2-1-5-13-7-9/h1-7H,(H,15,16). The van der Waals surface area contributed by atoms with E-state index in [1.165, 1.54) is 6.20 Å². The molecule has 16 heavy (non-hydrogen) atoms. The van der Waals surface area contributed by atoms with E-state index in [0.717, 1.165) is 0 Å². The van der Waals surface area contributed by atoms with E-state index in [-0.39, 0.29) is 5.91 Å². The second-order valence-corrected chi connectivity index (χ2v) is 3.45. The lowest BCUT2D eigenvalue weighted by Crippen LogP contribution is -2.12. The molecule has 2 heterocycles. The quantitative estimate of drug-likeness (QED) is 0.811. The largest absolute Gasteiger partial charge is 0.321 e. The Morgan fingerprint density at radius 3 is 2.75 bits per heavy atom. The number of rotatable bonds is 2. The number of halogens is 1. The summed E-state index contributed by atoms with van der Waals surface area (Å²) in [6, 6.07) is 6.69. The molecule has 0 saturated heterocycles. The topological polar surface area (TPSA) is 54.9 Å². The molecule has 0 spiro atoms. The molecule has 0 bridgehead atoms. The van der Waals surface area contributed by atoms with E-state index < -0.39 is 0 Å². The molecule has 5 heteroatoms. The predicted molar refractivity (Wildman–Crippen MR) is 61.4 cm³/mol. The Morgan fingerprint density at radius 2 is 2.12 bits per heavy atom. The van der Waals surface area contributed by atoms with Gasteiger partial charge in [-0.3, -0.25) is 9.78 Å². The zero-order valence-corrected chi connectivity index (χ0v) is 8.98. The highest BCUT2D eigenvalue weighted by Crippen LogP contribution is 2.08. The van der Waals surface area contributed by atoms with Crippen LogP contribution in [-0.2, 0) is 0 Å². The van der Waals surface area contributed by atoms with E-state index in [1.54, 1.807) is 36.7 Å². The second kappa shape index (κ2) is 4.72. The summed E-state index contributed by atoms with van der Waals surface area (Å²) in [7, 11) is 0. The third-order valence-corrected chi connectivity index (χ3v) is 2.13. The lowest BCUT2D eigenvalue weighted by atomic mass is 10.2. The molecule has 2 aromatic rings. The van der Waals surface area contributed by atoms with Crippen molar-refractivity contribution in [2.24, 2.45) is 0 Å². The molecular formula is C11H8ClN3O. The van der Waals surface area contributed by atoms with E-state index in [1.807, 2.05) is 0 Å². The van der Waals surface area contributed by atoms with Gasteiger partial charge < -0.3 is 5.32 Å². The average Bonchev–Trinajstić information content (AvgIpc) is 2.31. The maximum atomic E-state index is 11.7. The van der Waals surface area contributed by atoms with Crippen LogP contribution in [0.1, 0.15) is 10.4 Å². The summed E-state index contributed by atoms with van der Waals surface area (Å²) in [5.74, 6) is -0.239. The molecule has 0 aliphatic heterocycles. The number of aromatic nitrogens is 2. The first-order chi connectivity index (χ1) is 7.75. The minimum atomic E-state index is -0.239. The van der Waals surface area contributed by atoms with Crippen LogP contribution >= 0.6 is 11.6 Å². The minimum Gasteiger partial charge on any atom is -0.321 e. The molecule has 0 fully saturated rings. The highest BCUT2D eigenvalue weighted by atomic mass is 35.5. The Kier molecular flexibility index (Phi) is 3.12. The molecule has 0 atom stereocenters. The van der Waals surface area contributed by atoms with Gasteiger partial charge in [-0.05, 0) is 24.3 Å². The van der Waals surface area contributed by atoms with Gasteiger partial charge >= 0.3 is 0 Å². The summed E-state index contributed by atoms with van der Waals surface area (Å²) in [4.78, 5) is 19.4. The number of amides is 1. The first-order valence-electron chi connectivity index (χ1n) is 4.58. The number of anilines is 1. The van der Waals surface area contributed by atoms with Crippen LogP contribution in [0.4, 0.5) is 5.69 Å². The molecule has 2 rings (SSSR count). The van der Waals surface area contributed by atoms with Crippen molar-refractivity contribution in [3.8, 4) is 0 Å². The summed E-state index contributed by atoms with van der Waals surface area (Å²) in [6.07, 6.45) is 4.63. The molecule has 0 saturated carbocycles. The van der Waals surface area contributed by atoms with E-state index >= 15 is 0 Å². The van der Waals surface area contributed by atoms with Crippen LogP contribution in [0.25, 0.3) is 0 Å². The fraction of sp³-hybridized carbons (Fsp3) is 0. The number of carbonyl (C=O) groups is 1. The number of pyridine rings is 2. The van der Waals surface area contributed by atoms with Crippen molar-refractivity contribution < 1.29 is 4.79 Å². The van der Waals surface area contributed by atoms with Crippen molar-refractivity contribution in [3.63, 3.8) is 0 Å². The van der Waals surface area contributed by atoms with Crippen molar-refractivity contribution in [1.29, 1.82) is 0 Å². The lowest BCUT2D eigenvalue weighted by molar-refractivity contribution is 0.102. The Balaban J connectivity index is 2.12.